The van der Waals surface area contributed by atoms with Crippen molar-refractivity contribution in [1.82, 2.24) is 4.90 Å². The predicted octanol–water partition coefficient (Wildman–Crippen LogP) is 3.17. The summed E-state index contributed by atoms with van der Waals surface area (Å²) in [5.41, 5.74) is 1.15. The summed E-state index contributed by atoms with van der Waals surface area (Å²) >= 11 is 0. The molecule has 1 heterocycles. The molecule has 1 saturated heterocycles. The van der Waals surface area contributed by atoms with Crippen LogP contribution in [0.25, 0.3) is 0 Å². The largest absolute Gasteiger partial charge is 0.299 e. The minimum absolute atomic E-state index is 0.0109. The van der Waals surface area contributed by atoms with Gasteiger partial charge in [-0.2, -0.15) is 5.26 Å². The van der Waals surface area contributed by atoms with E-state index in [2.05, 4.69) is 30.0 Å². The molecule has 1 aliphatic heterocycles. The molecule has 0 amide bonds. The first-order chi connectivity index (χ1) is 8.31. The minimum atomic E-state index is 0.0109. The van der Waals surface area contributed by atoms with E-state index in [0.717, 1.165) is 18.7 Å². The Labute approximate surface area is 104 Å². The van der Waals surface area contributed by atoms with Crippen molar-refractivity contribution in [2.75, 3.05) is 13.1 Å². The van der Waals surface area contributed by atoms with E-state index in [1.165, 1.54) is 19.3 Å². The Morgan fingerprint density at radius 1 is 1.35 bits per heavy atom. The molecule has 0 saturated carbocycles. The summed E-state index contributed by atoms with van der Waals surface area (Å²) in [5, 5.41) is 9.32. The topological polar surface area (TPSA) is 27.0 Å². The fourth-order valence-electron chi connectivity index (χ4n) is 2.57. The Balaban J connectivity index is 2.03. The molecule has 0 aliphatic carbocycles. The molecule has 1 aliphatic rings. The SMILES string of the molecule is CC1CCCCN1CC(C#N)c1ccccc1. The first-order valence-corrected chi connectivity index (χ1v) is 6.50. The molecular weight excluding hydrogens is 208 g/mol. The van der Waals surface area contributed by atoms with Gasteiger partial charge in [0.15, 0.2) is 0 Å². The van der Waals surface area contributed by atoms with Gasteiger partial charge >= 0.3 is 0 Å². The van der Waals surface area contributed by atoms with E-state index in [4.69, 9.17) is 0 Å². The molecule has 1 fully saturated rings. The van der Waals surface area contributed by atoms with Crippen LogP contribution < -0.4 is 0 Å². The number of rotatable bonds is 3. The summed E-state index contributed by atoms with van der Waals surface area (Å²) in [6.45, 7) is 4.30. The second kappa shape index (κ2) is 5.84. The monoisotopic (exact) mass is 228 g/mol. The van der Waals surface area contributed by atoms with Crippen molar-refractivity contribution >= 4 is 0 Å². The van der Waals surface area contributed by atoms with E-state index in [1.54, 1.807) is 0 Å². The van der Waals surface area contributed by atoms with Crippen LogP contribution in [0.5, 0.6) is 0 Å². The van der Waals surface area contributed by atoms with Crippen LogP contribution in [-0.4, -0.2) is 24.0 Å². The molecule has 0 radical (unpaired) electrons. The lowest BCUT2D eigenvalue weighted by Gasteiger charge is -2.34. The second-order valence-corrected chi connectivity index (χ2v) is 4.93. The first-order valence-electron chi connectivity index (χ1n) is 6.50. The standard InChI is InChI=1S/C15H20N2/c1-13-7-5-6-10-17(13)12-15(11-16)14-8-3-2-4-9-14/h2-4,8-9,13,15H,5-7,10,12H2,1H3. The average molecular weight is 228 g/mol. The zero-order chi connectivity index (χ0) is 12.1. The number of hydrogen-bond donors (Lipinski definition) is 0. The van der Waals surface area contributed by atoms with Crippen LogP contribution in [-0.2, 0) is 0 Å². The normalized spacial score (nSPS) is 22.9. The van der Waals surface area contributed by atoms with Gasteiger partial charge in [-0.15, -0.1) is 0 Å². The van der Waals surface area contributed by atoms with Crippen LogP contribution in [0.15, 0.2) is 30.3 Å². The van der Waals surface area contributed by atoms with E-state index in [-0.39, 0.29) is 5.92 Å². The van der Waals surface area contributed by atoms with E-state index >= 15 is 0 Å². The Hall–Kier alpha value is -1.33. The van der Waals surface area contributed by atoms with Gasteiger partial charge < -0.3 is 0 Å². The molecule has 2 rings (SSSR count). The predicted molar refractivity (Wildman–Crippen MR) is 69.7 cm³/mol. The van der Waals surface area contributed by atoms with Crippen molar-refractivity contribution in [3.63, 3.8) is 0 Å². The van der Waals surface area contributed by atoms with Gasteiger partial charge in [-0.25, -0.2) is 0 Å². The van der Waals surface area contributed by atoms with E-state index in [0.29, 0.717) is 6.04 Å². The van der Waals surface area contributed by atoms with Crippen LogP contribution in [0, 0.1) is 11.3 Å². The third kappa shape index (κ3) is 3.08. The molecule has 1 aromatic rings. The summed E-state index contributed by atoms with van der Waals surface area (Å²) in [7, 11) is 0. The highest BCUT2D eigenvalue weighted by Gasteiger charge is 2.22. The fourth-order valence-corrected chi connectivity index (χ4v) is 2.57. The molecule has 2 heteroatoms. The Morgan fingerprint density at radius 3 is 2.76 bits per heavy atom. The first kappa shape index (κ1) is 12.1. The Bertz CT molecular complexity index is 380. The number of likely N-dealkylation sites (tertiary alicyclic amines) is 1. The molecule has 90 valence electrons. The zero-order valence-corrected chi connectivity index (χ0v) is 10.5. The number of piperidine rings is 1. The third-order valence-electron chi connectivity index (χ3n) is 3.72. The van der Waals surface area contributed by atoms with Crippen LogP contribution in [0.2, 0.25) is 0 Å². The quantitative estimate of drug-likeness (QED) is 0.794. The lowest BCUT2D eigenvalue weighted by atomic mass is 9.97. The van der Waals surface area contributed by atoms with Gasteiger partial charge in [0.25, 0.3) is 0 Å². The van der Waals surface area contributed by atoms with Gasteiger partial charge in [0.1, 0.15) is 0 Å². The third-order valence-corrected chi connectivity index (χ3v) is 3.72. The molecular formula is C15H20N2. The van der Waals surface area contributed by atoms with Crippen molar-refractivity contribution in [2.24, 2.45) is 0 Å². The summed E-state index contributed by atoms with van der Waals surface area (Å²) in [6, 6.07) is 13.2. The van der Waals surface area contributed by atoms with E-state index in [9.17, 15) is 5.26 Å². The maximum atomic E-state index is 9.32. The van der Waals surface area contributed by atoms with Crippen molar-refractivity contribution < 1.29 is 0 Å². The van der Waals surface area contributed by atoms with Gasteiger partial charge in [0.2, 0.25) is 0 Å². The van der Waals surface area contributed by atoms with Gasteiger partial charge in [0, 0.05) is 12.6 Å². The Kier molecular flexibility index (Phi) is 4.17. The summed E-state index contributed by atoms with van der Waals surface area (Å²) in [4.78, 5) is 2.46. The van der Waals surface area contributed by atoms with Crippen LogP contribution in [0.1, 0.15) is 37.7 Å². The minimum Gasteiger partial charge on any atom is -0.299 e. The molecule has 2 atom stereocenters. The van der Waals surface area contributed by atoms with Gasteiger partial charge in [-0.3, -0.25) is 4.90 Å². The number of nitrogens with zero attached hydrogens (tertiary/aromatic N) is 2. The van der Waals surface area contributed by atoms with Crippen molar-refractivity contribution in [1.29, 1.82) is 5.26 Å². The van der Waals surface area contributed by atoms with Crippen LogP contribution >= 0.6 is 0 Å². The highest BCUT2D eigenvalue weighted by Crippen LogP contribution is 2.22. The van der Waals surface area contributed by atoms with E-state index in [1.807, 2.05) is 18.2 Å². The zero-order valence-electron chi connectivity index (χ0n) is 10.5. The van der Waals surface area contributed by atoms with Gasteiger partial charge in [0.05, 0.1) is 12.0 Å². The summed E-state index contributed by atoms with van der Waals surface area (Å²) < 4.78 is 0. The molecule has 0 aromatic heterocycles. The van der Waals surface area contributed by atoms with Crippen molar-refractivity contribution in [3.05, 3.63) is 35.9 Å². The molecule has 0 N–H and O–H groups in total. The summed E-state index contributed by atoms with van der Waals surface area (Å²) in [6.07, 6.45) is 3.88. The smallest absolute Gasteiger partial charge is 0.0839 e. The fraction of sp³-hybridized carbons (Fsp3) is 0.533. The highest BCUT2D eigenvalue weighted by atomic mass is 15.2. The van der Waals surface area contributed by atoms with Gasteiger partial charge in [-0.1, -0.05) is 36.8 Å². The molecule has 0 spiro atoms. The maximum Gasteiger partial charge on any atom is 0.0839 e. The maximum absolute atomic E-state index is 9.32. The van der Waals surface area contributed by atoms with Crippen LogP contribution in [0.3, 0.4) is 0 Å². The lowest BCUT2D eigenvalue weighted by molar-refractivity contribution is 0.158. The van der Waals surface area contributed by atoms with Crippen molar-refractivity contribution in [2.45, 2.75) is 38.1 Å². The lowest BCUT2D eigenvalue weighted by Crippen LogP contribution is -2.39. The molecule has 2 nitrogen and oxygen atoms in total. The Morgan fingerprint density at radius 2 is 2.12 bits per heavy atom. The number of hydrogen-bond acceptors (Lipinski definition) is 2. The molecule has 1 aromatic carbocycles. The average Bonchev–Trinajstić information content (AvgIpc) is 2.39. The molecule has 0 bridgehead atoms. The second-order valence-electron chi connectivity index (χ2n) is 4.93. The van der Waals surface area contributed by atoms with Crippen molar-refractivity contribution in [3.8, 4) is 6.07 Å². The highest BCUT2D eigenvalue weighted by molar-refractivity contribution is 5.25. The summed E-state index contributed by atoms with van der Waals surface area (Å²) in [5.74, 6) is 0.0109. The van der Waals surface area contributed by atoms with Gasteiger partial charge in [-0.05, 0) is 31.9 Å². The molecule has 17 heavy (non-hydrogen) atoms. The van der Waals surface area contributed by atoms with Crippen LogP contribution in [0.4, 0.5) is 0 Å². The van der Waals surface area contributed by atoms with E-state index < -0.39 is 0 Å². The number of benzene rings is 1. The molecule has 2 unspecified atom stereocenters. The number of nitriles is 1.